The Labute approximate surface area is 103 Å². The van der Waals surface area contributed by atoms with E-state index in [0.717, 1.165) is 12.1 Å². The van der Waals surface area contributed by atoms with Gasteiger partial charge in [-0.05, 0) is 24.5 Å². The topological polar surface area (TPSA) is 54.0 Å². The van der Waals surface area contributed by atoms with E-state index >= 15 is 0 Å². The van der Waals surface area contributed by atoms with Gasteiger partial charge in [0.05, 0.1) is 6.54 Å². The molecular formula is C13H21N3O. The zero-order chi connectivity index (χ0) is 12.7. The minimum atomic E-state index is 0.0365. The van der Waals surface area contributed by atoms with E-state index < -0.39 is 0 Å². The van der Waals surface area contributed by atoms with Gasteiger partial charge in [-0.25, -0.2) is 0 Å². The van der Waals surface area contributed by atoms with Crippen LogP contribution in [0.25, 0.3) is 0 Å². The van der Waals surface area contributed by atoms with Gasteiger partial charge in [0.1, 0.15) is 0 Å². The summed E-state index contributed by atoms with van der Waals surface area (Å²) in [6, 6.07) is 4.02. The van der Waals surface area contributed by atoms with Gasteiger partial charge in [-0.3, -0.25) is 9.78 Å². The molecule has 0 bridgehead atoms. The summed E-state index contributed by atoms with van der Waals surface area (Å²) in [4.78, 5) is 15.5. The van der Waals surface area contributed by atoms with Crippen molar-refractivity contribution in [3.05, 3.63) is 30.1 Å². The summed E-state index contributed by atoms with van der Waals surface area (Å²) in [5, 5.41) is 6.04. The number of carbonyl (C=O) groups excluding carboxylic acids is 1. The smallest absolute Gasteiger partial charge is 0.233 e. The van der Waals surface area contributed by atoms with Crippen LogP contribution < -0.4 is 10.6 Å². The number of nitrogens with zero attached hydrogens (tertiary/aromatic N) is 1. The van der Waals surface area contributed by atoms with Crippen molar-refractivity contribution in [2.45, 2.75) is 26.8 Å². The van der Waals surface area contributed by atoms with Gasteiger partial charge in [-0.2, -0.15) is 0 Å². The number of aromatic nitrogens is 1. The van der Waals surface area contributed by atoms with Crippen LogP contribution in [-0.4, -0.2) is 24.0 Å². The minimum Gasteiger partial charge on any atom is -0.355 e. The lowest BCUT2D eigenvalue weighted by atomic mass is 10.1. The van der Waals surface area contributed by atoms with Crippen molar-refractivity contribution in [2.24, 2.45) is 5.92 Å². The maximum absolute atomic E-state index is 11.5. The van der Waals surface area contributed by atoms with Gasteiger partial charge in [0.25, 0.3) is 0 Å². The van der Waals surface area contributed by atoms with E-state index in [1.165, 1.54) is 0 Å². The molecule has 0 aliphatic rings. The zero-order valence-electron chi connectivity index (χ0n) is 10.7. The normalized spacial score (nSPS) is 12.5. The average Bonchev–Trinajstić information content (AvgIpc) is 2.34. The number of rotatable bonds is 6. The molecule has 1 aromatic heterocycles. The van der Waals surface area contributed by atoms with Crippen LogP contribution in [0.5, 0.6) is 0 Å². The first kappa shape index (κ1) is 13.6. The maximum atomic E-state index is 11.5. The van der Waals surface area contributed by atoms with Gasteiger partial charge in [0.15, 0.2) is 0 Å². The average molecular weight is 235 g/mol. The molecule has 0 radical (unpaired) electrons. The van der Waals surface area contributed by atoms with E-state index in [2.05, 4.69) is 29.5 Å². The van der Waals surface area contributed by atoms with E-state index in [4.69, 9.17) is 0 Å². The van der Waals surface area contributed by atoms with E-state index in [1.807, 2.05) is 25.3 Å². The number of hydrogen-bond acceptors (Lipinski definition) is 3. The van der Waals surface area contributed by atoms with E-state index in [1.54, 1.807) is 6.20 Å². The molecule has 4 heteroatoms. The van der Waals surface area contributed by atoms with Gasteiger partial charge in [-0.15, -0.1) is 0 Å². The van der Waals surface area contributed by atoms with Gasteiger partial charge in [0, 0.05) is 25.0 Å². The Kier molecular flexibility index (Phi) is 5.63. The summed E-state index contributed by atoms with van der Waals surface area (Å²) in [7, 11) is 0. The minimum absolute atomic E-state index is 0.0365. The van der Waals surface area contributed by atoms with E-state index in [9.17, 15) is 4.79 Å². The first-order chi connectivity index (χ1) is 8.09. The van der Waals surface area contributed by atoms with Crippen molar-refractivity contribution in [3.8, 4) is 0 Å². The molecule has 1 aromatic rings. The molecule has 0 aliphatic carbocycles. The second kappa shape index (κ2) is 7.01. The number of carbonyl (C=O) groups is 1. The van der Waals surface area contributed by atoms with Gasteiger partial charge >= 0.3 is 0 Å². The van der Waals surface area contributed by atoms with E-state index in [-0.39, 0.29) is 11.9 Å². The van der Waals surface area contributed by atoms with Gasteiger partial charge in [-0.1, -0.05) is 19.9 Å². The molecule has 1 amide bonds. The highest BCUT2D eigenvalue weighted by Crippen LogP contribution is 2.08. The van der Waals surface area contributed by atoms with Crippen LogP contribution in [-0.2, 0) is 4.79 Å². The van der Waals surface area contributed by atoms with Gasteiger partial charge in [0.2, 0.25) is 5.91 Å². The quantitative estimate of drug-likeness (QED) is 0.785. The lowest BCUT2D eigenvalue weighted by Gasteiger charge is -2.14. The van der Waals surface area contributed by atoms with Crippen LogP contribution in [0.15, 0.2) is 24.5 Å². The second-order valence-corrected chi connectivity index (χ2v) is 4.59. The number of hydrogen-bond donors (Lipinski definition) is 2. The van der Waals surface area contributed by atoms with E-state index in [0.29, 0.717) is 12.5 Å². The monoisotopic (exact) mass is 235 g/mol. The Balaban J connectivity index is 2.29. The lowest BCUT2D eigenvalue weighted by molar-refractivity contribution is -0.120. The van der Waals surface area contributed by atoms with Crippen LogP contribution in [0.3, 0.4) is 0 Å². The predicted octanol–water partition coefficient (Wildman–Crippen LogP) is 1.50. The number of nitrogens with one attached hydrogen (secondary N) is 2. The summed E-state index contributed by atoms with van der Waals surface area (Å²) in [6.45, 7) is 7.23. The Morgan fingerprint density at radius 1 is 1.41 bits per heavy atom. The molecule has 0 fully saturated rings. The fourth-order valence-corrected chi connectivity index (χ4v) is 1.38. The molecule has 17 heavy (non-hydrogen) atoms. The lowest BCUT2D eigenvalue weighted by Crippen LogP contribution is -2.36. The fourth-order valence-electron chi connectivity index (χ4n) is 1.38. The maximum Gasteiger partial charge on any atom is 0.233 e. The molecule has 0 aliphatic heterocycles. The molecule has 1 heterocycles. The Morgan fingerprint density at radius 2 is 2.18 bits per heavy atom. The molecule has 0 unspecified atom stereocenters. The molecule has 0 saturated carbocycles. The summed E-state index contributed by atoms with van der Waals surface area (Å²) in [5.41, 5.74) is 1.09. The Bertz CT molecular complexity index is 338. The molecule has 0 aromatic carbocycles. The largest absolute Gasteiger partial charge is 0.355 e. The standard InChI is InChI=1S/C13H21N3O/c1-10(2)7-16-13(17)9-15-11(3)12-5-4-6-14-8-12/h4-6,8,10-11,15H,7,9H2,1-3H3,(H,16,17)/t11-/m0/s1. The Morgan fingerprint density at radius 3 is 2.76 bits per heavy atom. The molecule has 0 saturated heterocycles. The van der Waals surface area contributed by atoms with Crippen molar-refractivity contribution < 1.29 is 4.79 Å². The molecule has 4 nitrogen and oxygen atoms in total. The predicted molar refractivity (Wildman–Crippen MR) is 68.5 cm³/mol. The molecule has 94 valence electrons. The Hall–Kier alpha value is -1.42. The van der Waals surface area contributed by atoms with Crippen molar-refractivity contribution in [2.75, 3.05) is 13.1 Å². The third-order valence-electron chi connectivity index (χ3n) is 2.46. The van der Waals surface area contributed by atoms with Crippen LogP contribution in [0.4, 0.5) is 0 Å². The zero-order valence-corrected chi connectivity index (χ0v) is 10.7. The summed E-state index contributed by atoms with van der Waals surface area (Å²) in [5.74, 6) is 0.518. The molecule has 2 N–H and O–H groups in total. The molecular weight excluding hydrogens is 214 g/mol. The molecule has 1 rings (SSSR count). The third kappa shape index (κ3) is 5.45. The highest BCUT2D eigenvalue weighted by molar-refractivity contribution is 5.78. The number of amides is 1. The molecule has 0 spiro atoms. The van der Waals surface area contributed by atoms with Crippen molar-refractivity contribution in [1.82, 2.24) is 15.6 Å². The highest BCUT2D eigenvalue weighted by atomic mass is 16.1. The fraction of sp³-hybridized carbons (Fsp3) is 0.538. The first-order valence-corrected chi connectivity index (χ1v) is 5.99. The van der Waals surface area contributed by atoms with Crippen molar-refractivity contribution in [1.29, 1.82) is 0 Å². The summed E-state index contributed by atoms with van der Waals surface area (Å²) in [6.07, 6.45) is 3.55. The van der Waals surface area contributed by atoms with Crippen molar-refractivity contribution >= 4 is 5.91 Å². The van der Waals surface area contributed by atoms with Gasteiger partial charge < -0.3 is 10.6 Å². The number of pyridine rings is 1. The summed E-state index contributed by atoms with van der Waals surface area (Å²) >= 11 is 0. The SMILES string of the molecule is CC(C)CNC(=O)CN[C@@H](C)c1cccnc1. The van der Waals surface area contributed by atoms with Crippen LogP contribution in [0, 0.1) is 5.92 Å². The summed E-state index contributed by atoms with van der Waals surface area (Å²) < 4.78 is 0. The second-order valence-electron chi connectivity index (χ2n) is 4.59. The van der Waals surface area contributed by atoms with Crippen molar-refractivity contribution in [3.63, 3.8) is 0 Å². The van der Waals surface area contributed by atoms with Crippen LogP contribution in [0.2, 0.25) is 0 Å². The van der Waals surface area contributed by atoms with Crippen LogP contribution in [0.1, 0.15) is 32.4 Å². The first-order valence-electron chi connectivity index (χ1n) is 5.99. The highest BCUT2D eigenvalue weighted by Gasteiger charge is 2.07. The molecule has 1 atom stereocenters. The van der Waals surface area contributed by atoms with Crippen LogP contribution >= 0.6 is 0 Å². The third-order valence-corrected chi connectivity index (χ3v) is 2.46.